The fourth-order valence-electron chi connectivity index (χ4n) is 4.58. The Morgan fingerprint density at radius 3 is 2.57 bits per heavy atom. The maximum absolute atomic E-state index is 12.3. The van der Waals surface area contributed by atoms with Crippen molar-refractivity contribution in [2.24, 2.45) is 5.92 Å². The highest BCUT2D eigenvalue weighted by atomic mass is 32.2. The van der Waals surface area contributed by atoms with E-state index in [1.807, 2.05) is 18.2 Å². The van der Waals surface area contributed by atoms with Crippen LogP contribution in [0.1, 0.15) is 32.1 Å². The van der Waals surface area contributed by atoms with Gasteiger partial charge in [0.15, 0.2) is 0 Å². The summed E-state index contributed by atoms with van der Waals surface area (Å²) in [6.07, 6.45) is 5.25. The number of methoxy groups -OCH3 is 1. The van der Waals surface area contributed by atoms with E-state index in [4.69, 9.17) is 4.74 Å². The minimum absolute atomic E-state index is 0.184. The number of sulfonamides is 1. The average molecular weight is 410 g/mol. The Kier molecular flexibility index (Phi) is 6.82. The monoisotopic (exact) mass is 409 g/mol. The van der Waals surface area contributed by atoms with Crippen LogP contribution in [-0.2, 0) is 14.8 Å². The van der Waals surface area contributed by atoms with E-state index in [0.717, 1.165) is 45.2 Å². The lowest BCUT2D eigenvalue weighted by atomic mass is 9.85. The van der Waals surface area contributed by atoms with Crippen LogP contribution in [0.5, 0.6) is 0 Å². The van der Waals surface area contributed by atoms with E-state index >= 15 is 0 Å². The molecule has 8 heteroatoms. The Morgan fingerprint density at radius 2 is 1.89 bits per heavy atom. The van der Waals surface area contributed by atoms with Gasteiger partial charge in [-0.25, -0.2) is 17.9 Å². The molecule has 1 unspecified atom stereocenters. The molecule has 1 N–H and O–H groups in total. The molecule has 2 heterocycles. The summed E-state index contributed by atoms with van der Waals surface area (Å²) in [6.45, 7) is 2.55. The zero-order valence-electron chi connectivity index (χ0n) is 16.7. The van der Waals surface area contributed by atoms with Crippen molar-refractivity contribution in [1.82, 2.24) is 9.62 Å². The van der Waals surface area contributed by atoms with Crippen molar-refractivity contribution in [2.45, 2.75) is 44.2 Å². The zero-order chi connectivity index (χ0) is 20.1. The van der Waals surface area contributed by atoms with Crippen LogP contribution in [0.15, 0.2) is 30.3 Å². The highest BCUT2D eigenvalue weighted by Gasteiger charge is 2.38. The average Bonchev–Trinajstić information content (AvgIpc) is 2.68. The molecule has 0 saturated carbocycles. The maximum Gasteiger partial charge on any atom is 0.409 e. The number of nitrogens with one attached hydrogen (secondary N) is 1. The lowest BCUT2D eigenvalue weighted by Crippen LogP contribution is -2.58. The van der Waals surface area contributed by atoms with Crippen LogP contribution in [0, 0.1) is 5.92 Å². The van der Waals surface area contributed by atoms with Gasteiger partial charge in [-0.05, 0) is 50.2 Å². The molecular formula is C20H31N3O4S. The predicted molar refractivity (Wildman–Crippen MR) is 110 cm³/mol. The van der Waals surface area contributed by atoms with Crippen LogP contribution >= 0.6 is 0 Å². The number of amides is 1. The summed E-state index contributed by atoms with van der Waals surface area (Å²) in [6, 6.07) is 9.90. The molecule has 1 aromatic carbocycles. The van der Waals surface area contributed by atoms with E-state index < -0.39 is 10.0 Å². The summed E-state index contributed by atoms with van der Waals surface area (Å²) < 4.78 is 31.5. The van der Waals surface area contributed by atoms with Gasteiger partial charge < -0.3 is 14.5 Å². The van der Waals surface area contributed by atoms with Crippen molar-refractivity contribution < 1.29 is 17.9 Å². The van der Waals surface area contributed by atoms with Gasteiger partial charge in [-0.1, -0.05) is 18.2 Å². The summed E-state index contributed by atoms with van der Waals surface area (Å²) in [5, 5.41) is 0. The minimum Gasteiger partial charge on any atom is -0.453 e. The molecule has 0 radical (unpaired) electrons. The molecule has 3 rings (SSSR count). The normalized spacial score (nSPS) is 26.1. The Morgan fingerprint density at radius 1 is 1.18 bits per heavy atom. The number of nitrogens with zero attached hydrogens (tertiary/aromatic N) is 2. The molecule has 0 aromatic heterocycles. The molecule has 1 aromatic rings. The molecule has 28 heavy (non-hydrogen) atoms. The Labute approximate surface area is 168 Å². The Bertz CT molecular complexity index is 756. The van der Waals surface area contributed by atoms with Crippen molar-refractivity contribution in [3.63, 3.8) is 0 Å². The van der Waals surface area contributed by atoms with Crippen molar-refractivity contribution in [3.05, 3.63) is 30.3 Å². The molecule has 3 atom stereocenters. The number of carbonyl (C=O) groups is 1. The summed E-state index contributed by atoms with van der Waals surface area (Å²) in [5.41, 5.74) is 1.21. The van der Waals surface area contributed by atoms with E-state index in [-0.39, 0.29) is 18.2 Å². The fourth-order valence-corrected chi connectivity index (χ4v) is 5.40. The molecule has 0 spiro atoms. The first kappa shape index (κ1) is 20.9. The van der Waals surface area contributed by atoms with Crippen LogP contribution in [0.2, 0.25) is 0 Å². The zero-order valence-corrected chi connectivity index (χ0v) is 17.5. The van der Waals surface area contributed by atoms with E-state index in [2.05, 4.69) is 21.8 Å². The fraction of sp³-hybridized carbons (Fsp3) is 0.650. The van der Waals surface area contributed by atoms with Crippen LogP contribution < -0.4 is 9.62 Å². The number of ether oxygens (including phenoxy) is 1. The lowest BCUT2D eigenvalue weighted by molar-refractivity contribution is 0.0687. The van der Waals surface area contributed by atoms with Gasteiger partial charge in [0.2, 0.25) is 10.0 Å². The van der Waals surface area contributed by atoms with Crippen molar-refractivity contribution in [2.75, 3.05) is 37.9 Å². The SMILES string of the molecule is COC(=O)N1CCC[C@@H](NS(C)(=O)=O)[C@H]1CC1CCCN(c2ccccc2)C1. The standard InChI is InChI=1S/C20H31N3O4S/c1-27-20(24)23-13-7-11-18(21-28(2,25)26)19(23)14-16-8-6-12-22(15-16)17-9-4-3-5-10-17/h3-5,9-10,16,18-19,21H,6-8,11-15H2,1-2H3/t16?,18-,19-/m1/s1. The van der Waals surface area contributed by atoms with Gasteiger partial charge in [-0.15, -0.1) is 0 Å². The van der Waals surface area contributed by atoms with E-state index in [1.54, 1.807) is 4.90 Å². The van der Waals surface area contributed by atoms with Crippen LogP contribution in [0.25, 0.3) is 0 Å². The number of anilines is 1. The van der Waals surface area contributed by atoms with Gasteiger partial charge in [0, 0.05) is 31.4 Å². The number of para-hydroxylation sites is 1. The second-order valence-electron chi connectivity index (χ2n) is 7.90. The second kappa shape index (κ2) is 9.13. The number of likely N-dealkylation sites (tertiary alicyclic amines) is 1. The van der Waals surface area contributed by atoms with Crippen molar-refractivity contribution >= 4 is 21.8 Å². The molecule has 156 valence electrons. The first-order valence-electron chi connectivity index (χ1n) is 9.99. The van der Waals surface area contributed by atoms with Gasteiger partial charge in [-0.2, -0.15) is 0 Å². The molecule has 2 saturated heterocycles. The Balaban J connectivity index is 1.75. The topological polar surface area (TPSA) is 79.0 Å². The predicted octanol–water partition coefficient (Wildman–Crippen LogP) is 2.44. The maximum atomic E-state index is 12.3. The highest BCUT2D eigenvalue weighted by molar-refractivity contribution is 7.88. The number of hydrogen-bond donors (Lipinski definition) is 1. The van der Waals surface area contributed by atoms with Gasteiger partial charge in [-0.3, -0.25) is 0 Å². The molecule has 0 bridgehead atoms. The van der Waals surface area contributed by atoms with Gasteiger partial charge in [0.05, 0.1) is 19.4 Å². The Hall–Kier alpha value is -1.80. The first-order valence-corrected chi connectivity index (χ1v) is 11.9. The molecule has 0 aliphatic carbocycles. The molecule has 2 aliphatic rings. The van der Waals surface area contributed by atoms with Crippen LogP contribution in [-0.4, -0.2) is 64.5 Å². The third-order valence-corrected chi connectivity index (χ3v) is 6.50. The third kappa shape index (κ3) is 5.38. The highest BCUT2D eigenvalue weighted by Crippen LogP contribution is 2.30. The van der Waals surface area contributed by atoms with Crippen molar-refractivity contribution in [1.29, 1.82) is 0 Å². The molecule has 2 aliphatic heterocycles. The quantitative estimate of drug-likeness (QED) is 0.808. The first-order chi connectivity index (χ1) is 13.4. The molecule has 2 fully saturated rings. The molecule has 7 nitrogen and oxygen atoms in total. The minimum atomic E-state index is -3.35. The lowest BCUT2D eigenvalue weighted by Gasteiger charge is -2.43. The number of rotatable bonds is 5. The van der Waals surface area contributed by atoms with Crippen LogP contribution in [0.4, 0.5) is 10.5 Å². The second-order valence-corrected chi connectivity index (χ2v) is 9.68. The van der Waals surface area contributed by atoms with Gasteiger partial charge in [0.1, 0.15) is 0 Å². The number of piperidine rings is 2. The van der Waals surface area contributed by atoms with E-state index in [1.165, 1.54) is 19.1 Å². The largest absolute Gasteiger partial charge is 0.453 e. The summed E-state index contributed by atoms with van der Waals surface area (Å²) in [4.78, 5) is 16.4. The number of hydrogen-bond acceptors (Lipinski definition) is 5. The van der Waals surface area contributed by atoms with E-state index in [9.17, 15) is 13.2 Å². The van der Waals surface area contributed by atoms with Crippen molar-refractivity contribution in [3.8, 4) is 0 Å². The van der Waals surface area contributed by atoms with Gasteiger partial charge in [0.25, 0.3) is 0 Å². The summed E-state index contributed by atoms with van der Waals surface area (Å²) in [5.74, 6) is 0.396. The number of carbonyl (C=O) groups excluding carboxylic acids is 1. The van der Waals surface area contributed by atoms with Crippen LogP contribution in [0.3, 0.4) is 0 Å². The van der Waals surface area contributed by atoms with Gasteiger partial charge >= 0.3 is 6.09 Å². The summed E-state index contributed by atoms with van der Waals surface area (Å²) >= 11 is 0. The molecular weight excluding hydrogens is 378 g/mol. The molecule has 1 amide bonds. The summed E-state index contributed by atoms with van der Waals surface area (Å²) in [7, 11) is -1.97. The third-order valence-electron chi connectivity index (χ3n) is 5.77. The number of benzene rings is 1. The smallest absolute Gasteiger partial charge is 0.409 e. The van der Waals surface area contributed by atoms with E-state index in [0.29, 0.717) is 12.5 Å².